The van der Waals surface area contributed by atoms with E-state index in [9.17, 15) is 4.79 Å². The van der Waals surface area contributed by atoms with Crippen molar-refractivity contribution < 1.29 is 13.7 Å². The summed E-state index contributed by atoms with van der Waals surface area (Å²) in [7, 11) is 0. The zero-order chi connectivity index (χ0) is 18.1. The molecule has 1 amide bonds. The fraction of sp³-hybridized carbons (Fsp3) is 0.105. The predicted molar refractivity (Wildman–Crippen MR) is 100 cm³/mol. The maximum atomic E-state index is 12.9. The van der Waals surface area contributed by atoms with Gasteiger partial charge in [0.1, 0.15) is 5.69 Å². The average Bonchev–Trinajstić information content (AvgIpc) is 3.32. The number of nitrogens with one attached hydrogen (secondary N) is 1. The number of anilines is 1. The van der Waals surface area contributed by atoms with Crippen molar-refractivity contribution in [3.8, 4) is 11.5 Å². The van der Waals surface area contributed by atoms with Crippen molar-refractivity contribution in [3.63, 3.8) is 0 Å². The molecule has 3 heterocycles. The van der Waals surface area contributed by atoms with E-state index < -0.39 is 0 Å². The Morgan fingerprint density at radius 2 is 2.00 bits per heavy atom. The highest BCUT2D eigenvalue weighted by Gasteiger charge is 2.20. The smallest absolute Gasteiger partial charge is 0.259 e. The molecule has 4 rings (SSSR count). The third kappa shape index (κ3) is 2.97. The summed E-state index contributed by atoms with van der Waals surface area (Å²) >= 11 is 1.65. The van der Waals surface area contributed by atoms with Crippen LogP contribution in [-0.2, 0) is 0 Å². The number of carbonyl (C=O) groups excluding carboxylic acids is 1. The molecule has 1 N–H and O–H groups in total. The number of furan rings is 1. The van der Waals surface area contributed by atoms with Gasteiger partial charge in [-0.3, -0.25) is 4.79 Å². The number of fused-ring (bicyclic) bond motifs is 1. The number of hydrogen-bond acceptors (Lipinski definition) is 6. The molecule has 0 atom stereocenters. The minimum atomic E-state index is -0.256. The van der Waals surface area contributed by atoms with Crippen LogP contribution >= 0.6 is 11.8 Å². The first-order chi connectivity index (χ1) is 12.7. The summed E-state index contributed by atoms with van der Waals surface area (Å²) in [4.78, 5) is 18.4. The summed E-state index contributed by atoms with van der Waals surface area (Å²) in [6.07, 6.45) is 3.56. The van der Waals surface area contributed by atoms with Gasteiger partial charge in [0.15, 0.2) is 5.76 Å². The van der Waals surface area contributed by atoms with E-state index in [1.165, 1.54) is 0 Å². The fourth-order valence-electron chi connectivity index (χ4n) is 2.70. The van der Waals surface area contributed by atoms with Crippen molar-refractivity contribution in [2.24, 2.45) is 0 Å². The van der Waals surface area contributed by atoms with E-state index in [1.54, 1.807) is 43.1 Å². The number of amides is 1. The number of thioether (sulfide) groups is 1. The third-order valence-corrected chi connectivity index (χ3v) is 4.73. The number of carbonyl (C=O) groups is 1. The van der Waals surface area contributed by atoms with Crippen molar-refractivity contribution in [1.29, 1.82) is 0 Å². The van der Waals surface area contributed by atoms with E-state index in [1.807, 2.05) is 30.5 Å². The topological polar surface area (TPSA) is 81.2 Å². The summed E-state index contributed by atoms with van der Waals surface area (Å²) < 4.78 is 10.7. The van der Waals surface area contributed by atoms with Crippen LogP contribution in [0.5, 0.6) is 0 Å². The second kappa shape index (κ2) is 6.68. The van der Waals surface area contributed by atoms with Gasteiger partial charge < -0.3 is 14.3 Å². The minimum Gasteiger partial charge on any atom is -0.463 e. The standard InChI is InChI=1S/C19H15N3O3S/c1-11-17-14(18(23)20-12-5-7-13(26-2)8-6-12)10-15(16-4-3-9-24-16)21-19(17)25-22-11/h3-10H,1-2H3,(H,20,23). The Labute approximate surface area is 153 Å². The molecule has 0 fully saturated rings. The molecule has 0 unspecified atom stereocenters. The molecule has 0 bridgehead atoms. The second-order valence-corrected chi connectivity index (χ2v) is 6.54. The molecule has 0 aliphatic rings. The molecule has 0 radical (unpaired) electrons. The lowest BCUT2D eigenvalue weighted by Crippen LogP contribution is -2.13. The first-order valence-electron chi connectivity index (χ1n) is 7.92. The molecule has 4 aromatic rings. The Kier molecular flexibility index (Phi) is 4.22. The largest absolute Gasteiger partial charge is 0.463 e. The van der Waals surface area contributed by atoms with Crippen LogP contribution in [0.3, 0.4) is 0 Å². The Morgan fingerprint density at radius 3 is 2.69 bits per heavy atom. The van der Waals surface area contributed by atoms with Gasteiger partial charge in [0, 0.05) is 10.6 Å². The van der Waals surface area contributed by atoms with Crippen molar-refractivity contribution in [3.05, 3.63) is 60.0 Å². The van der Waals surface area contributed by atoms with E-state index in [4.69, 9.17) is 8.94 Å². The number of aromatic nitrogens is 2. The van der Waals surface area contributed by atoms with Gasteiger partial charge in [0.05, 0.1) is 22.9 Å². The number of benzene rings is 1. The van der Waals surface area contributed by atoms with Crippen LogP contribution in [0.4, 0.5) is 5.69 Å². The highest BCUT2D eigenvalue weighted by atomic mass is 32.2. The Hall–Kier alpha value is -3.06. The van der Waals surface area contributed by atoms with Gasteiger partial charge in [-0.25, -0.2) is 4.98 Å². The van der Waals surface area contributed by atoms with E-state index >= 15 is 0 Å². The van der Waals surface area contributed by atoms with Gasteiger partial charge in [-0.1, -0.05) is 5.16 Å². The molecule has 0 aliphatic heterocycles. The molecule has 0 aliphatic carbocycles. The summed E-state index contributed by atoms with van der Waals surface area (Å²) in [6, 6.07) is 12.9. The van der Waals surface area contributed by atoms with Crippen LogP contribution in [0.15, 0.2) is 62.6 Å². The summed E-state index contributed by atoms with van der Waals surface area (Å²) in [5.74, 6) is 0.299. The van der Waals surface area contributed by atoms with Gasteiger partial charge in [-0.05, 0) is 55.6 Å². The Balaban J connectivity index is 1.75. The van der Waals surface area contributed by atoms with E-state index in [-0.39, 0.29) is 5.91 Å². The SMILES string of the molecule is CSc1ccc(NC(=O)c2cc(-c3ccco3)nc3onc(C)c23)cc1. The van der Waals surface area contributed by atoms with Gasteiger partial charge in [0.2, 0.25) is 0 Å². The van der Waals surface area contributed by atoms with Gasteiger partial charge >= 0.3 is 0 Å². The van der Waals surface area contributed by atoms with E-state index in [2.05, 4.69) is 15.5 Å². The van der Waals surface area contributed by atoms with Crippen molar-refractivity contribution in [2.45, 2.75) is 11.8 Å². The van der Waals surface area contributed by atoms with Crippen LogP contribution in [0, 0.1) is 6.92 Å². The lowest BCUT2D eigenvalue weighted by molar-refractivity contribution is 0.102. The maximum Gasteiger partial charge on any atom is 0.259 e. The summed E-state index contributed by atoms with van der Waals surface area (Å²) in [5, 5.41) is 7.45. The van der Waals surface area contributed by atoms with E-state index in [0.717, 1.165) is 4.90 Å². The molecular weight excluding hydrogens is 350 g/mol. The Bertz CT molecular complexity index is 1070. The molecule has 0 saturated heterocycles. The second-order valence-electron chi connectivity index (χ2n) is 5.66. The zero-order valence-electron chi connectivity index (χ0n) is 14.1. The first kappa shape index (κ1) is 16.4. The molecular formula is C19H15N3O3S. The van der Waals surface area contributed by atoms with Crippen LogP contribution < -0.4 is 5.32 Å². The molecule has 1 aromatic carbocycles. The molecule has 6 nitrogen and oxygen atoms in total. The number of rotatable bonds is 4. The molecule has 0 spiro atoms. The van der Waals surface area contributed by atoms with Gasteiger partial charge in [-0.2, -0.15) is 0 Å². The number of hydrogen-bond donors (Lipinski definition) is 1. The highest BCUT2D eigenvalue weighted by molar-refractivity contribution is 7.98. The van der Waals surface area contributed by atoms with E-state index in [0.29, 0.717) is 39.5 Å². The third-order valence-electron chi connectivity index (χ3n) is 3.98. The van der Waals surface area contributed by atoms with Crippen LogP contribution in [-0.4, -0.2) is 22.3 Å². The van der Waals surface area contributed by atoms with Crippen molar-refractivity contribution in [2.75, 3.05) is 11.6 Å². The number of nitrogens with zero attached hydrogens (tertiary/aromatic N) is 2. The average molecular weight is 365 g/mol. The first-order valence-corrected chi connectivity index (χ1v) is 9.14. The molecule has 130 valence electrons. The predicted octanol–water partition coefficient (Wildman–Crippen LogP) is 4.77. The molecule has 0 saturated carbocycles. The lowest BCUT2D eigenvalue weighted by Gasteiger charge is -2.08. The van der Waals surface area contributed by atoms with Gasteiger partial charge in [-0.15, -0.1) is 11.8 Å². The quantitative estimate of drug-likeness (QED) is 0.525. The normalized spacial score (nSPS) is 11.0. The summed E-state index contributed by atoms with van der Waals surface area (Å²) in [5.41, 5.74) is 2.59. The number of aryl methyl sites for hydroxylation is 1. The minimum absolute atomic E-state index is 0.256. The number of pyridine rings is 1. The van der Waals surface area contributed by atoms with Crippen LogP contribution in [0.1, 0.15) is 16.1 Å². The lowest BCUT2D eigenvalue weighted by atomic mass is 10.1. The zero-order valence-corrected chi connectivity index (χ0v) is 15.0. The monoisotopic (exact) mass is 365 g/mol. The van der Waals surface area contributed by atoms with Gasteiger partial charge in [0.25, 0.3) is 11.6 Å². The molecule has 3 aromatic heterocycles. The fourth-order valence-corrected chi connectivity index (χ4v) is 3.11. The highest BCUT2D eigenvalue weighted by Crippen LogP contribution is 2.28. The van der Waals surface area contributed by atoms with Crippen LogP contribution in [0.25, 0.3) is 22.6 Å². The Morgan fingerprint density at radius 1 is 1.19 bits per heavy atom. The molecule has 26 heavy (non-hydrogen) atoms. The van der Waals surface area contributed by atoms with Crippen molar-refractivity contribution in [1.82, 2.24) is 10.1 Å². The summed E-state index contributed by atoms with van der Waals surface area (Å²) in [6.45, 7) is 1.78. The van der Waals surface area contributed by atoms with Crippen LogP contribution in [0.2, 0.25) is 0 Å². The molecule has 7 heteroatoms. The maximum absolute atomic E-state index is 12.9. The van der Waals surface area contributed by atoms with Crippen molar-refractivity contribution >= 4 is 34.5 Å².